The number of hydrogen-bond acceptors (Lipinski definition) is 7. The van der Waals surface area contributed by atoms with Crippen molar-refractivity contribution >= 4 is 21.8 Å². The molecule has 1 fully saturated rings. The zero-order valence-corrected chi connectivity index (χ0v) is 23.5. The Kier molecular flexibility index (Phi) is 11.0. The number of nitrogens with one attached hydrogen (secondary N) is 2. The maximum atomic E-state index is 13.6. The van der Waals surface area contributed by atoms with Gasteiger partial charge in [0.15, 0.2) is 0 Å². The highest BCUT2D eigenvalue weighted by Gasteiger charge is 2.32. The van der Waals surface area contributed by atoms with Gasteiger partial charge in [-0.25, -0.2) is 13.2 Å². The minimum atomic E-state index is -3.90. The summed E-state index contributed by atoms with van der Waals surface area (Å²) in [7, 11) is -3.90. The van der Waals surface area contributed by atoms with E-state index < -0.39 is 28.3 Å². The second-order valence-corrected chi connectivity index (χ2v) is 12.4. The summed E-state index contributed by atoms with van der Waals surface area (Å²) < 4.78 is 39.3. The summed E-state index contributed by atoms with van der Waals surface area (Å²) in [6, 6.07) is 15.5. The minimum absolute atomic E-state index is 0.0201. The van der Waals surface area contributed by atoms with Crippen molar-refractivity contribution < 1.29 is 27.8 Å². The first kappa shape index (κ1) is 29.9. The molecule has 0 spiro atoms. The number of aliphatic hydroxyl groups is 1. The quantitative estimate of drug-likeness (QED) is 0.351. The average molecular weight is 548 g/mol. The second-order valence-electron chi connectivity index (χ2n) is 10.4. The Morgan fingerprint density at radius 1 is 1.08 bits per heavy atom. The van der Waals surface area contributed by atoms with Gasteiger partial charge < -0.3 is 25.2 Å². The lowest BCUT2D eigenvalue weighted by molar-refractivity contribution is 0.0644. The van der Waals surface area contributed by atoms with Gasteiger partial charge >= 0.3 is 6.09 Å². The van der Waals surface area contributed by atoms with E-state index in [9.17, 15) is 18.3 Å². The first-order valence-corrected chi connectivity index (χ1v) is 14.6. The van der Waals surface area contributed by atoms with Crippen molar-refractivity contribution in [2.45, 2.75) is 69.7 Å². The zero-order valence-electron chi connectivity index (χ0n) is 22.7. The molecule has 1 heterocycles. The molecular formula is C28H41N3O6S. The molecule has 210 valence electrons. The number of amides is 1. The number of benzene rings is 2. The fraction of sp³-hybridized carbons (Fsp3) is 0.536. The van der Waals surface area contributed by atoms with E-state index in [1.54, 1.807) is 24.3 Å². The Labute approximate surface area is 226 Å². The van der Waals surface area contributed by atoms with Crippen LogP contribution >= 0.6 is 0 Å². The fourth-order valence-corrected chi connectivity index (χ4v) is 5.93. The van der Waals surface area contributed by atoms with E-state index in [1.165, 1.54) is 4.31 Å². The first-order chi connectivity index (χ1) is 18.0. The Balaban J connectivity index is 1.79. The molecule has 0 unspecified atom stereocenters. The average Bonchev–Trinajstić information content (AvgIpc) is 3.36. The molecule has 10 heteroatoms. The number of nitrogens with zero attached hydrogens (tertiary/aromatic N) is 1. The normalized spacial score (nSPS) is 17.5. The van der Waals surface area contributed by atoms with Crippen LogP contribution in [0.1, 0.15) is 39.7 Å². The third-order valence-electron chi connectivity index (χ3n) is 6.13. The summed E-state index contributed by atoms with van der Waals surface area (Å²) in [5, 5.41) is 17.3. The van der Waals surface area contributed by atoms with Gasteiger partial charge in [0, 0.05) is 31.2 Å². The standard InChI is InChI=1S/C28H41N3O6S/c1-20(2)17-31(38(34,35)25-12-10-23(11-13-25)29-21(3)4)18-27(32)26(16-22-8-6-5-7-9-22)30-28(33)37-24-14-15-36-19-24/h5-13,20-21,24,26-27,29,32H,14-19H2,1-4H3,(H,30,33)/t24-,26-,27+/m0/s1. The van der Waals surface area contributed by atoms with Crippen LogP contribution in [0, 0.1) is 5.92 Å². The zero-order chi connectivity index (χ0) is 27.7. The smallest absolute Gasteiger partial charge is 0.407 e. The largest absolute Gasteiger partial charge is 0.444 e. The van der Waals surface area contributed by atoms with E-state index in [0.29, 0.717) is 26.1 Å². The van der Waals surface area contributed by atoms with Crippen molar-refractivity contribution in [1.29, 1.82) is 0 Å². The number of sulfonamides is 1. The Bertz CT molecular complexity index is 1100. The molecule has 0 saturated carbocycles. The van der Waals surface area contributed by atoms with Crippen LogP contribution in [0.15, 0.2) is 59.5 Å². The van der Waals surface area contributed by atoms with E-state index in [4.69, 9.17) is 9.47 Å². The number of rotatable bonds is 13. The monoisotopic (exact) mass is 547 g/mol. The lowest BCUT2D eigenvalue weighted by Crippen LogP contribution is -2.51. The highest BCUT2D eigenvalue weighted by Crippen LogP contribution is 2.21. The molecule has 0 radical (unpaired) electrons. The highest BCUT2D eigenvalue weighted by molar-refractivity contribution is 7.89. The maximum absolute atomic E-state index is 13.6. The molecule has 9 nitrogen and oxygen atoms in total. The van der Waals surface area contributed by atoms with Crippen molar-refractivity contribution in [3.8, 4) is 0 Å². The number of hydrogen-bond donors (Lipinski definition) is 3. The van der Waals surface area contributed by atoms with Gasteiger partial charge in [-0.05, 0) is 56.0 Å². The van der Waals surface area contributed by atoms with Crippen LogP contribution in [0.5, 0.6) is 0 Å². The van der Waals surface area contributed by atoms with Gasteiger partial charge in [-0.1, -0.05) is 44.2 Å². The molecule has 0 aromatic heterocycles. The fourth-order valence-electron chi connectivity index (χ4n) is 4.31. The van der Waals surface area contributed by atoms with Crippen LogP contribution in [-0.4, -0.2) is 74.5 Å². The number of anilines is 1. The summed E-state index contributed by atoms with van der Waals surface area (Å²) in [6.07, 6.45) is -1.25. The van der Waals surface area contributed by atoms with E-state index in [1.807, 2.05) is 58.0 Å². The number of carbonyl (C=O) groups excluding carboxylic acids is 1. The number of aliphatic hydroxyl groups excluding tert-OH is 1. The lowest BCUT2D eigenvalue weighted by atomic mass is 10.0. The Morgan fingerprint density at radius 3 is 2.34 bits per heavy atom. The van der Waals surface area contributed by atoms with Crippen molar-refractivity contribution in [2.75, 3.05) is 31.6 Å². The minimum Gasteiger partial charge on any atom is -0.444 e. The van der Waals surface area contributed by atoms with Crippen molar-refractivity contribution in [1.82, 2.24) is 9.62 Å². The lowest BCUT2D eigenvalue weighted by Gasteiger charge is -2.30. The maximum Gasteiger partial charge on any atom is 0.407 e. The summed E-state index contributed by atoms with van der Waals surface area (Å²) in [6.45, 7) is 8.76. The summed E-state index contributed by atoms with van der Waals surface area (Å²) in [5.74, 6) is 0.0201. The van der Waals surface area contributed by atoms with Gasteiger partial charge in [0.25, 0.3) is 0 Å². The van der Waals surface area contributed by atoms with Gasteiger partial charge in [0.2, 0.25) is 10.0 Å². The molecule has 1 amide bonds. The molecule has 3 N–H and O–H groups in total. The van der Waals surface area contributed by atoms with Crippen molar-refractivity contribution in [3.05, 3.63) is 60.2 Å². The van der Waals surface area contributed by atoms with Gasteiger partial charge in [-0.15, -0.1) is 0 Å². The predicted octanol–water partition coefficient (Wildman–Crippen LogP) is 3.64. The molecule has 38 heavy (non-hydrogen) atoms. The molecule has 2 aromatic rings. The topological polar surface area (TPSA) is 117 Å². The molecule has 3 atom stereocenters. The van der Waals surface area contributed by atoms with Crippen LogP contribution in [0.25, 0.3) is 0 Å². The van der Waals surface area contributed by atoms with Crippen molar-refractivity contribution in [2.24, 2.45) is 5.92 Å². The molecule has 1 aliphatic rings. The molecule has 1 saturated heterocycles. The number of alkyl carbamates (subject to hydrolysis) is 1. The van der Waals surface area contributed by atoms with E-state index in [-0.39, 0.29) is 36.0 Å². The van der Waals surface area contributed by atoms with E-state index in [2.05, 4.69) is 10.6 Å². The molecule has 0 bridgehead atoms. The van der Waals surface area contributed by atoms with Gasteiger partial charge in [0.1, 0.15) is 6.10 Å². The van der Waals surface area contributed by atoms with E-state index >= 15 is 0 Å². The van der Waals surface area contributed by atoms with Crippen LogP contribution in [0.4, 0.5) is 10.5 Å². The van der Waals surface area contributed by atoms with Crippen molar-refractivity contribution in [3.63, 3.8) is 0 Å². The van der Waals surface area contributed by atoms with Crippen LogP contribution in [0.3, 0.4) is 0 Å². The summed E-state index contributed by atoms with van der Waals surface area (Å²) >= 11 is 0. The molecule has 3 rings (SSSR count). The third kappa shape index (κ3) is 8.97. The Hall–Kier alpha value is -2.66. The molecule has 0 aliphatic carbocycles. The number of ether oxygens (including phenoxy) is 2. The SMILES string of the molecule is CC(C)CN(C[C@@H](O)[C@H](Cc1ccccc1)NC(=O)O[C@H]1CCOC1)S(=O)(=O)c1ccc(NC(C)C)cc1. The number of carbonyl (C=O) groups is 1. The molecular weight excluding hydrogens is 506 g/mol. The highest BCUT2D eigenvalue weighted by atomic mass is 32.2. The molecule has 1 aliphatic heterocycles. The first-order valence-electron chi connectivity index (χ1n) is 13.2. The predicted molar refractivity (Wildman–Crippen MR) is 148 cm³/mol. The van der Waals surface area contributed by atoms with E-state index in [0.717, 1.165) is 11.3 Å². The third-order valence-corrected chi connectivity index (χ3v) is 7.98. The van der Waals surface area contributed by atoms with Gasteiger partial charge in [-0.2, -0.15) is 4.31 Å². The van der Waals surface area contributed by atoms with Crippen LogP contribution in [0.2, 0.25) is 0 Å². The van der Waals surface area contributed by atoms with Crippen LogP contribution < -0.4 is 10.6 Å². The second kappa shape index (κ2) is 13.9. The summed E-state index contributed by atoms with van der Waals surface area (Å²) in [4.78, 5) is 12.8. The summed E-state index contributed by atoms with van der Waals surface area (Å²) in [5.41, 5.74) is 1.72. The Morgan fingerprint density at radius 2 is 1.76 bits per heavy atom. The van der Waals surface area contributed by atoms with Gasteiger partial charge in [0.05, 0.1) is 30.3 Å². The van der Waals surface area contributed by atoms with Crippen LogP contribution in [-0.2, 0) is 25.9 Å². The van der Waals surface area contributed by atoms with Gasteiger partial charge in [-0.3, -0.25) is 0 Å². The molecule has 2 aromatic carbocycles.